The lowest BCUT2D eigenvalue weighted by Gasteiger charge is -2.18. The lowest BCUT2D eigenvalue weighted by molar-refractivity contribution is 0.873. The Morgan fingerprint density at radius 2 is 1.72 bits per heavy atom. The highest BCUT2D eigenvalue weighted by molar-refractivity contribution is 5.58. The van der Waals surface area contributed by atoms with E-state index in [1.807, 2.05) is 36.4 Å². The average Bonchev–Trinajstić information content (AvgIpc) is 2.39. The molecule has 2 aromatic rings. The van der Waals surface area contributed by atoms with E-state index in [1.54, 1.807) is 0 Å². The summed E-state index contributed by atoms with van der Waals surface area (Å²) in [6.07, 6.45) is 0. The van der Waals surface area contributed by atoms with Gasteiger partial charge in [0.1, 0.15) is 6.07 Å². The van der Waals surface area contributed by atoms with E-state index in [0.29, 0.717) is 5.56 Å². The number of hydrogen-bond acceptors (Lipinski definition) is 2. The predicted octanol–water partition coefficient (Wildman–Crippen LogP) is 4.04. The maximum atomic E-state index is 9.07. The summed E-state index contributed by atoms with van der Waals surface area (Å²) in [5.41, 5.74) is 4.07. The minimum Gasteiger partial charge on any atom is -0.377 e. The first-order valence-electron chi connectivity index (χ1n) is 6.03. The Morgan fingerprint density at radius 1 is 1.06 bits per heavy atom. The Labute approximate surface area is 108 Å². The van der Waals surface area contributed by atoms with Gasteiger partial charge in [-0.15, -0.1) is 0 Å². The summed E-state index contributed by atoms with van der Waals surface area (Å²) in [5, 5.41) is 12.5. The zero-order valence-corrected chi connectivity index (χ0v) is 10.6. The van der Waals surface area contributed by atoms with Gasteiger partial charge in [-0.05, 0) is 37.1 Å². The molecule has 0 fully saturated rings. The van der Waals surface area contributed by atoms with Gasteiger partial charge in [0.15, 0.2) is 0 Å². The lowest BCUT2D eigenvalue weighted by Crippen LogP contribution is -2.09. The standard InChI is InChI=1S/C16H16N2/c1-12-7-3-5-9-15(12)13(2)18-16-10-6-4-8-14(16)11-17/h3-10,13,18H,1-2H3. The molecule has 0 aromatic heterocycles. The lowest BCUT2D eigenvalue weighted by atomic mass is 10.0. The van der Waals surface area contributed by atoms with E-state index in [0.717, 1.165) is 5.69 Å². The van der Waals surface area contributed by atoms with Gasteiger partial charge in [0.05, 0.1) is 11.3 Å². The van der Waals surface area contributed by atoms with E-state index in [2.05, 4.69) is 37.4 Å². The van der Waals surface area contributed by atoms with Gasteiger partial charge in [-0.2, -0.15) is 5.26 Å². The fourth-order valence-corrected chi connectivity index (χ4v) is 2.09. The molecule has 0 amide bonds. The predicted molar refractivity (Wildman–Crippen MR) is 74.4 cm³/mol. The molecule has 1 N–H and O–H groups in total. The highest BCUT2D eigenvalue weighted by Gasteiger charge is 2.09. The molecule has 90 valence electrons. The maximum absolute atomic E-state index is 9.07. The summed E-state index contributed by atoms with van der Waals surface area (Å²) in [6.45, 7) is 4.21. The third-order valence-electron chi connectivity index (χ3n) is 3.07. The molecule has 0 aliphatic rings. The van der Waals surface area contributed by atoms with Gasteiger partial charge in [-0.3, -0.25) is 0 Å². The number of anilines is 1. The van der Waals surface area contributed by atoms with Crippen molar-refractivity contribution in [3.05, 3.63) is 65.2 Å². The molecule has 1 atom stereocenters. The van der Waals surface area contributed by atoms with Crippen LogP contribution in [0, 0.1) is 18.3 Å². The van der Waals surface area contributed by atoms with Crippen molar-refractivity contribution in [2.24, 2.45) is 0 Å². The van der Waals surface area contributed by atoms with Crippen molar-refractivity contribution in [3.63, 3.8) is 0 Å². The van der Waals surface area contributed by atoms with E-state index in [-0.39, 0.29) is 6.04 Å². The summed E-state index contributed by atoms with van der Waals surface area (Å²) >= 11 is 0. The van der Waals surface area contributed by atoms with Gasteiger partial charge in [0.25, 0.3) is 0 Å². The number of rotatable bonds is 3. The minimum absolute atomic E-state index is 0.181. The average molecular weight is 236 g/mol. The number of aryl methyl sites for hydroxylation is 1. The van der Waals surface area contributed by atoms with Crippen LogP contribution in [-0.2, 0) is 0 Å². The third kappa shape index (κ3) is 2.52. The molecule has 0 spiro atoms. The van der Waals surface area contributed by atoms with Crippen LogP contribution < -0.4 is 5.32 Å². The van der Waals surface area contributed by atoms with Crippen molar-refractivity contribution in [2.45, 2.75) is 19.9 Å². The van der Waals surface area contributed by atoms with E-state index < -0.39 is 0 Å². The van der Waals surface area contributed by atoms with Gasteiger partial charge < -0.3 is 5.32 Å². The molecule has 2 heteroatoms. The second-order valence-corrected chi connectivity index (χ2v) is 4.38. The van der Waals surface area contributed by atoms with Gasteiger partial charge in [-0.25, -0.2) is 0 Å². The molecule has 1 unspecified atom stereocenters. The van der Waals surface area contributed by atoms with Gasteiger partial charge >= 0.3 is 0 Å². The van der Waals surface area contributed by atoms with E-state index >= 15 is 0 Å². The van der Waals surface area contributed by atoms with Gasteiger partial charge in [0.2, 0.25) is 0 Å². The Hall–Kier alpha value is -2.27. The Morgan fingerprint density at radius 3 is 2.44 bits per heavy atom. The number of nitrogens with zero attached hydrogens (tertiary/aromatic N) is 1. The van der Waals surface area contributed by atoms with Gasteiger partial charge in [-0.1, -0.05) is 36.4 Å². The summed E-state index contributed by atoms with van der Waals surface area (Å²) in [4.78, 5) is 0. The first kappa shape index (κ1) is 12.2. The van der Waals surface area contributed by atoms with Crippen molar-refractivity contribution in [2.75, 3.05) is 5.32 Å². The zero-order chi connectivity index (χ0) is 13.0. The molecule has 0 heterocycles. The Kier molecular flexibility index (Phi) is 3.64. The molecule has 0 bridgehead atoms. The summed E-state index contributed by atoms with van der Waals surface area (Å²) < 4.78 is 0. The van der Waals surface area contributed by atoms with Crippen LogP contribution in [0.25, 0.3) is 0 Å². The van der Waals surface area contributed by atoms with Crippen molar-refractivity contribution in [3.8, 4) is 6.07 Å². The molecule has 2 aromatic carbocycles. The van der Waals surface area contributed by atoms with Crippen LogP contribution in [0.5, 0.6) is 0 Å². The smallest absolute Gasteiger partial charge is 0.101 e. The van der Waals surface area contributed by atoms with E-state index in [4.69, 9.17) is 5.26 Å². The number of benzene rings is 2. The summed E-state index contributed by atoms with van der Waals surface area (Å²) in [7, 11) is 0. The van der Waals surface area contributed by atoms with Crippen LogP contribution in [0.1, 0.15) is 29.7 Å². The summed E-state index contributed by atoms with van der Waals surface area (Å²) in [5.74, 6) is 0. The second-order valence-electron chi connectivity index (χ2n) is 4.38. The topological polar surface area (TPSA) is 35.8 Å². The van der Waals surface area contributed by atoms with Crippen molar-refractivity contribution in [1.29, 1.82) is 5.26 Å². The van der Waals surface area contributed by atoms with Crippen LogP contribution >= 0.6 is 0 Å². The zero-order valence-electron chi connectivity index (χ0n) is 10.6. The molecular formula is C16H16N2. The molecule has 0 saturated heterocycles. The third-order valence-corrected chi connectivity index (χ3v) is 3.07. The molecule has 2 rings (SSSR count). The molecule has 0 saturated carbocycles. The van der Waals surface area contributed by atoms with E-state index in [1.165, 1.54) is 11.1 Å². The van der Waals surface area contributed by atoms with Crippen molar-refractivity contribution >= 4 is 5.69 Å². The maximum Gasteiger partial charge on any atom is 0.101 e. The number of nitriles is 1. The highest BCUT2D eigenvalue weighted by Crippen LogP contribution is 2.23. The fraction of sp³-hybridized carbons (Fsp3) is 0.188. The largest absolute Gasteiger partial charge is 0.377 e. The number of hydrogen-bond donors (Lipinski definition) is 1. The SMILES string of the molecule is Cc1ccccc1C(C)Nc1ccccc1C#N. The highest BCUT2D eigenvalue weighted by atomic mass is 14.9. The first-order chi connectivity index (χ1) is 8.72. The molecule has 0 radical (unpaired) electrons. The molecular weight excluding hydrogens is 220 g/mol. The quantitative estimate of drug-likeness (QED) is 0.873. The van der Waals surface area contributed by atoms with Gasteiger partial charge in [0, 0.05) is 6.04 Å². The second kappa shape index (κ2) is 5.37. The Balaban J connectivity index is 2.25. The number of nitrogens with one attached hydrogen (secondary N) is 1. The van der Waals surface area contributed by atoms with Crippen LogP contribution in [0.15, 0.2) is 48.5 Å². The van der Waals surface area contributed by atoms with Crippen molar-refractivity contribution < 1.29 is 0 Å². The van der Waals surface area contributed by atoms with Crippen LogP contribution in [0.4, 0.5) is 5.69 Å². The first-order valence-corrected chi connectivity index (χ1v) is 6.03. The Bertz CT molecular complexity index is 582. The van der Waals surface area contributed by atoms with E-state index in [9.17, 15) is 0 Å². The molecule has 2 nitrogen and oxygen atoms in total. The normalized spacial score (nSPS) is 11.6. The van der Waals surface area contributed by atoms with Crippen LogP contribution in [-0.4, -0.2) is 0 Å². The number of para-hydroxylation sites is 1. The molecule has 0 aliphatic carbocycles. The monoisotopic (exact) mass is 236 g/mol. The summed E-state index contributed by atoms with van der Waals surface area (Å²) in [6, 6.07) is 18.3. The fourth-order valence-electron chi connectivity index (χ4n) is 2.09. The minimum atomic E-state index is 0.181. The van der Waals surface area contributed by atoms with Crippen LogP contribution in [0.3, 0.4) is 0 Å². The molecule has 18 heavy (non-hydrogen) atoms. The molecule has 0 aliphatic heterocycles. The van der Waals surface area contributed by atoms with Crippen LogP contribution in [0.2, 0.25) is 0 Å². The van der Waals surface area contributed by atoms with Crippen molar-refractivity contribution in [1.82, 2.24) is 0 Å².